The number of aryl methyl sites for hydroxylation is 1. The van der Waals surface area contributed by atoms with Crippen molar-refractivity contribution in [2.24, 2.45) is 7.05 Å². The Balaban J connectivity index is 2.02. The number of Topliss-reactive ketones (excluding diaryl/α,β-unsaturated/α-hetero) is 1. The van der Waals surface area contributed by atoms with Crippen LogP contribution in [0.2, 0.25) is 5.02 Å². The lowest BCUT2D eigenvalue weighted by Crippen LogP contribution is -2.15. The van der Waals surface area contributed by atoms with Gasteiger partial charge in [0.2, 0.25) is 5.78 Å². The van der Waals surface area contributed by atoms with Crippen molar-refractivity contribution in [1.82, 2.24) is 9.55 Å². The number of aromatic amines is 1. The van der Waals surface area contributed by atoms with Gasteiger partial charge in [0.1, 0.15) is 5.69 Å². The molecule has 0 atom stereocenters. The highest BCUT2D eigenvalue weighted by atomic mass is 35.5. The van der Waals surface area contributed by atoms with Crippen LogP contribution in [0.1, 0.15) is 32.2 Å². The fourth-order valence-corrected chi connectivity index (χ4v) is 2.07. The molecule has 0 aliphatic rings. The van der Waals surface area contributed by atoms with Gasteiger partial charge in [-0.15, -0.1) is 0 Å². The average Bonchev–Trinajstić information content (AvgIpc) is 2.95. The molecule has 0 radical (unpaired) electrons. The van der Waals surface area contributed by atoms with Crippen LogP contribution in [0.25, 0.3) is 0 Å². The van der Waals surface area contributed by atoms with Crippen LogP contribution in [0.4, 0.5) is 0 Å². The second kappa shape index (κ2) is 5.54. The van der Waals surface area contributed by atoms with Gasteiger partial charge in [0.05, 0.1) is 5.02 Å². The Kier molecular flexibility index (Phi) is 3.99. The molecule has 0 saturated heterocycles. The number of esters is 1. The van der Waals surface area contributed by atoms with E-state index in [-0.39, 0.29) is 18.1 Å². The van der Waals surface area contributed by atoms with Crippen LogP contribution in [0.5, 0.6) is 0 Å². The molecule has 2 rings (SSSR count). The molecule has 2 aromatic rings. The van der Waals surface area contributed by atoms with E-state index in [2.05, 4.69) is 4.98 Å². The summed E-state index contributed by atoms with van der Waals surface area (Å²) in [6.45, 7) is 3.48. The first-order valence-electron chi connectivity index (χ1n) is 6.07. The molecule has 20 heavy (non-hydrogen) atoms. The van der Waals surface area contributed by atoms with Crippen LogP contribution < -0.4 is 0 Å². The minimum absolute atomic E-state index is 0.225. The van der Waals surface area contributed by atoms with Crippen LogP contribution in [0.3, 0.4) is 0 Å². The molecule has 2 heterocycles. The van der Waals surface area contributed by atoms with Crippen molar-refractivity contribution in [2.45, 2.75) is 13.8 Å². The third kappa shape index (κ3) is 2.77. The maximum absolute atomic E-state index is 12.0. The molecule has 106 valence electrons. The first kappa shape index (κ1) is 14.4. The quantitative estimate of drug-likeness (QED) is 0.696. The van der Waals surface area contributed by atoms with Gasteiger partial charge in [-0.05, 0) is 26.0 Å². The van der Waals surface area contributed by atoms with E-state index in [0.717, 1.165) is 11.4 Å². The molecular formula is C14H15ClN2O3. The molecule has 0 unspecified atom stereocenters. The monoisotopic (exact) mass is 294 g/mol. The fourth-order valence-electron chi connectivity index (χ4n) is 1.91. The molecule has 0 aliphatic heterocycles. The Morgan fingerprint density at radius 1 is 1.35 bits per heavy atom. The molecule has 0 fully saturated rings. The number of hydrogen-bond acceptors (Lipinski definition) is 3. The summed E-state index contributed by atoms with van der Waals surface area (Å²) in [4.78, 5) is 26.4. The normalized spacial score (nSPS) is 10.6. The molecular weight excluding hydrogens is 280 g/mol. The van der Waals surface area contributed by atoms with Gasteiger partial charge in [0.25, 0.3) is 0 Å². The number of hydrogen-bond donors (Lipinski definition) is 1. The van der Waals surface area contributed by atoms with Crippen molar-refractivity contribution in [1.29, 1.82) is 0 Å². The third-order valence-corrected chi connectivity index (χ3v) is 3.50. The van der Waals surface area contributed by atoms with Crippen molar-refractivity contribution in [3.05, 3.63) is 46.0 Å². The summed E-state index contributed by atoms with van der Waals surface area (Å²) in [7, 11) is 1.88. The molecule has 0 saturated carbocycles. The van der Waals surface area contributed by atoms with Gasteiger partial charge in [0.15, 0.2) is 6.61 Å². The van der Waals surface area contributed by atoms with Crippen molar-refractivity contribution in [3.8, 4) is 0 Å². The minimum atomic E-state index is -0.601. The van der Waals surface area contributed by atoms with Gasteiger partial charge in [0, 0.05) is 30.2 Å². The van der Waals surface area contributed by atoms with E-state index in [1.54, 1.807) is 6.07 Å². The number of carbonyl (C=O) groups excluding carboxylic acids is 2. The highest BCUT2D eigenvalue weighted by Crippen LogP contribution is 2.15. The Morgan fingerprint density at radius 3 is 2.55 bits per heavy atom. The highest BCUT2D eigenvalue weighted by molar-refractivity contribution is 6.30. The van der Waals surface area contributed by atoms with E-state index < -0.39 is 5.97 Å². The number of ether oxygens (including phenoxy) is 1. The highest BCUT2D eigenvalue weighted by Gasteiger charge is 2.17. The zero-order valence-corrected chi connectivity index (χ0v) is 12.2. The lowest BCUT2D eigenvalue weighted by molar-refractivity contribution is 0.0469. The van der Waals surface area contributed by atoms with Crippen LogP contribution in [-0.2, 0) is 11.8 Å². The smallest absolute Gasteiger partial charge is 0.355 e. The summed E-state index contributed by atoms with van der Waals surface area (Å²) >= 11 is 5.70. The lowest BCUT2D eigenvalue weighted by atomic mass is 10.1. The largest absolute Gasteiger partial charge is 0.453 e. The van der Waals surface area contributed by atoms with Crippen LogP contribution >= 0.6 is 11.6 Å². The second-order valence-corrected chi connectivity index (χ2v) is 5.01. The summed E-state index contributed by atoms with van der Waals surface area (Å²) < 4.78 is 6.89. The van der Waals surface area contributed by atoms with Crippen LogP contribution in [-0.4, -0.2) is 27.9 Å². The first-order valence-corrected chi connectivity index (χ1v) is 6.45. The van der Waals surface area contributed by atoms with Crippen molar-refractivity contribution < 1.29 is 14.3 Å². The zero-order valence-electron chi connectivity index (χ0n) is 11.5. The number of carbonyl (C=O) groups is 2. The number of ketones is 1. The number of halogens is 1. The second-order valence-electron chi connectivity index (χ2n) is 4.57. The molecule has 0 bridgehead atoms. The topological polar surface area (TPSA) is 64.1 Å². The van der Waals surface area contributed by atoms with Crippen molar-refractivity contribution in [2.75, 3.05) is 6.61 Å². The van der Waals surface area contributed by atoms with E-state index >= 15 is 0 Å². The first-order chi connectivity index (χ1) is 9.40. The molecule has 1 N–H and O–H groups in total. The van der Waals surface area contributed by atoms with Crippen LogP contribution in [0.15, 0.2) is 18.3 Å². The van der Waals surface area contributed by atoms with Gasteiger partial charge in [-0.2, -0.15) is 0 Å². The third-order valence-electron chi connectivity index (χ3n) is 3.28. The number of nitrogens with one attached hydrogen (secondary N) is 1. The molecule has 6 heteroatoms. The standard InChI is InChI=1S/C14H15ClN2O3/c1-8-4-11(9(2)17(8)3)13(18)7-20-14(19)12-5-10(15)6-16-12/h4-6,16H,7H2,1-3H3. The van der Waals surface area contributed by atoms with Gasteiger partial charge in [-0.3, -0.25) is 4.79 Å². The molecule has 2 aromatic heterocycles. The summed E-state index contributed by atoms with van der Waals surface area (Å²) in [6.07, 6.45) is 1.48. The van der Waals surface area contributed by atoms with E-state index in [0.29, 0.717) is 10.6 Å². The van der Waals surface area contributed by atoms with E-state index in [9.17, 15) is 9.59 Å². The van der Waals surface area contributed by atoms with Gasteiger partial charge < -0.3 is 14.3 Å². The summed E-state index contributed by atoms with van der Waals surface area (Å²) in [5.41, 5.74) is 2.63. The predicted molar refractivity (Wildman–Crippen MR) is 75.3 cm³/mol. The van der Waals surface area contributed by atoms with E-state index in [1.807, 2.05) is 25.5 Å². The maximum atomic E-state index is 12.0. The van der Waals surface area contributed by atoms with Gasteiger partial charge >= 0.3 is 5.97 Å². The number of rotatable bonds is 4. The molecule has 0 aromatic carbocycles. The number of aromatic nitrogens is 2. The minimum Gasteiger partial charge on any atom is -0.453 e. The zero-order chi connectivity index (χ0) is 14.9. The molecule has 5 nitrogen and oxygen atoms in total. The van der Waals surface area contributed by atoms with E-state index in [4.69, 9.17) is 16.3 Å². The summed E-state index contributed by atoms with van der Waals surface area (Å²) in [6, 6.07) is 3.24. The molecule has 0 aliphatic carbocycles. The fraction of sp³-hybridized carbons (Fsp3) is 0.286. The van der Waals surface area contributed by atoms with Crippen molar-refractivity contribution >= 4 is 23.4 Å². The maximum Gasteiger partial charge on any atom is 0.355 e. The molecule has 0 amide bonds. The lowest BCUT2D eigenvalue weighted by Gasteiger charge is -2.03. The predicted octanol–water partition coefficient (Wildman–Crippen LogP) is 2.66. The van der Waals surface area contributed by atoms with Crippen LogP contribution in [0, 0.1) is 13.8 Å². The number of nitrogens with zero attached hydrogens (tertiary/aromatic N) is 1. The SMILES string of the molecule is Cc1cc(C(=O)COC(=O)c2cc(Cl)c[nH]2)c(C)n1C. The van der Waals surface area contributed by atoms with Gasteiger partial charge in [-0.25, -0.2) is 4.79 Å². The number of H-pyrrole nitrogens is 1. The average molecular weight is 295 g/mol. The summed E-state index contributed by atoms with van der Waals surface area (Å²) in [5, 5.41) is 0.415. The van der Waals surface area contributed by atoms with Gasteiger partial charge in [-0.1, -0.05) is 11.6 Å². The van der Waals surface area contributed by atoms with E-state index in [1.165, 1.54) is 12.3 Å². The Labute approximate surface area is 121 Å². The Hall–Kier alpha value is -2.01. The molecule has 0 spiro atoms. The Bertz CT molecular complexity index is 670. The van der Waals surface area contributed by atoms with Crippen molar-refractivity contribution in [3.63, 3.8) is 0 Å². The summed E-state index contributed by atoms with van der Waals surface area (Å²) in [5.74, 6) is -0.826. The Morgan fingerprint density at radius 2 is 2.05 bits per heavy atom.